The van der Waals surface area contributed by atoms with Gasteiger partial charge in [-0.2, -0.15) is 5.10 Å². The molecule has 8 heteroatoms. The fraction of sp³-hybridized carbons (Fsp3) is 0.429. The van der Waals surface area contributed by atoms with Gasteiger partial charge in [-0.3, -0.25) is 4.98 Å². The molecule has 0 amide bonds. The number of hydrogen-bond donors (Lipinski definition) is 2. The lowest BCUT2D eigenvalue weighted by atomic mass is 10.1. The van der Waals surface area contributed by atoms with E-state index in [-0.39, 0.29) is 0 Å². The number of pyridine rings is 1. The minimum Gasteiger partial charge on any atom is -0.392 e. The first kappa shape index (κ1) is 19.2. The Balaban J connectivity index is 1.57. The van der Waals surface area contributed by atoms with Crippen molar-refractivity contribution in [3.8, 4) is 0 Å². The largest absolute Gasteiger partial charge is 0.392 e. The summed E-state index contributed by atoms with van der Waals surface area (Å²) < 4.78 is 6.75. The number of rotatable bonds is 8. The topological polar surface area (TPSA) is 94.7 Å². The number of nitrogens with zero attached hydrogens (tertiary/aromatic N) is 5. The Kier molecular flexibility index (Phi) is 5.32. The summed E-state index contributed by atoms with van der Waals surface area (Å²) in [6.07, 6.45) is 4.18. The van der Waals surface area contributed by atoms with Crippen molar-refractivity contribution in [1.29, 1.82) is 0 Å². The average Bonchev–Trinajstić information content (AvgIpc) is 3.47. The van der Waals surface area contributed by atoms with Gasteiger partial charge in [-0.05, 0) is 44.2 Å². The highest BCUT2D eigenvalue weighted by molar-refractivity contribution is 5.80. The van der Waals surface area contributed by atoms with Crippen molar-refractivity contribution in [2.24, 2.45) is 5.92 Å². The molecule has 0 unspecified atom stereocenters. The van der Waals surface area contributed by atoms with Gasteiger partial charge in [-0.25, -0.2) is 14.3 Å². The number of aromatic nitrogens is 4. The number of fused-ring (bicyclic) bond motifs is 1. The first-order valence-electron chi connectivity index (χ1n) is 9.83. The number of aryl methyl sites for hydroxylation is 1. The molecule has 0 aliphatic heterocycles. The van der Waals surface area contributed by atoms with Crippen LogP contribution in [0.15, 0.2) is 18.2 Å². The summed E-state index contributed by atoms with van der Waals surface area (Å²) in [7, 11) is 1.66. The summed E-state index contributed by atoms with van der Waals surface area (Å²) in [6, 6.07) is 5.90. The SMILES string of the molecule is [C-]#[N+]c1c(NCCc2cccc(COC)n2)nc2c(CC3CC3)c(C)nn2c1N. The monoisotopic (exact) mass is 391 g/mol. The summed E-state index contributed by atoms with van der Waals surface area (Å²) in [5.41, 5.74) is 11.3. The van der Waals surface area contributed by atoms with Crippen LogP contribution < -0.4 is 11.1 Å². The molecule has 4 rings (SSSR count). The fourth-order valence-corrected chi connectivity index (χ4v) is 3.50. The second-order valence-electron chi connectivity index (χ2n) is 7.48. The van der Waals surface area contributed by atoms with E-state index in [1.165, 1.54) is 12.8 Å². The van der Waals surface area contributed by atoms with E-state index in [4.69, 9.17) is 22.0 Å². The van der Waals surface area contributed by atoms with Crippen LogP contribution in [0, 0.1) is 19.4 Å². The molecule has 3 heterocycles. The van der Waals surface area contributed by atoms with E-state index in [9.17, 15) is 0 Å². The number of anilines is 2. The Morgan fingerprint density at radius 3 is 2.83 bits per heavy atom. The molecule has 150 valence electrons. The van der Waals surface area contributed by atoms with Gasteiger partial charge >= 0.3 is 0 Å². The van der Waals surface area contributed by atoms with Crippen molar-refractivity contribution in [2.75, 3.05) is 24.7 Å². The molecule has 1 aliphatic rings. The van der Waals surface area contributed by atoms with Crippen LogP contribution in [0.1, 0.15) is 35.5 Å². The quantitative estimate of drug-likeness (QED) is 0.572. The maximum absolute atomic E-state index is 7.56. The van der Waals surface area contributed by atoms with Crippen LogP contribution in [0.2, 0.25) is 0 Å². The van der Waals surface area contributed by atoms with Gasteiger partial charge < -0.3 is 15.8 Å². The lowest BCUT2D eigenvalue weighted by Crippen LogP contribution is -2.11. The van der Waals surface area contributed by atoms with Gasteiger partial charge in [0, 0.05) is 31.3 Å². The fourth-order valence-electron chi connectivity index (χ4n) is 3.50. The Labute approximate surface area is 169 Å². The molecule has 8 nitrogen and oxygen atoms in total. The predicted octanol–water partition coefficient (Wildman–Crippen LogP) is 3.32. The molecule has 0 radical (unpaired) electrons. The highest BCUT2D eigenvalue weighted by atomic mass is 16.5. The lowest BCUT2D eigenvalue weighted by molar-refractivity contribution is 0.181. The third-order valence-electron chi connectivity index (χ3n) is 5.20. The van der Waals surface area contributed by atoms with Crippen LogP contribution in [0.3, 0.4) is 0 Å². The first-order chi connectivity index (χ1) is 14.1. The zero-order valence-electron chi connectivity index (χ0n) is 16.8. The second-order valence-corrected chi connectivity index (χ2v) is 7.48. The number of nitrogen functional groups attached to an aromatic ring is 1. The standard InChI is InChI=1S/C21H25N7O/c1-13-17(11-14-7-8-14)21-26-20(18(23-2)19(22)28(21)27-13)24-10-9-15-5-4-6-16(25-15)12-29-3/h4-6,14H,7-12,22H2,1,3H3,(H,24,26). The van der Waals surface area contributed by atoms with Crippen molar-refractivity contribution in [1.82, 2.24) is 19.6 Å². The van der Waals surface area contributed by atoms with E-state index in [2.05, 4.69) is 20.2 Å². The summed E-state index contributed by atoms with van der Waals surface area (Å²) in [5.74, 6) is 1.56. The minimum atomic E-state index is 0.305. The summed E-state index contributed by atoms with van der Waals surface area (Å²) in [5, 5.41) is 7.82. The van der Waals surface area contributed by atoms with Gasteiger partial charge in [0.1, 0.15) is 11.6 Å². The molecule has 0 aromatic carbocycles. The zero-order chi connectivity index (χ0) is 20.4. The highest BCUT2D eigenvalue weighted by Crippen LogP contribution is 2.37. The molecule has 3 aromatic heterocycles. The van der Waals surface area contributed by atoms with Gasteiger partial charge in [0.2, 0.25) is 0 Å². The number of methoxy groups -OCH3 is 1. The summed E-state index contributed by atoms with van der Waals surface area (Å²) in [4.78, 5) is 12.9. The van der Waals surface area contributed by atoms with E-state index < -0.39 is 0 Å². The molecule has 0 bridgehead atoms. The van der Waals surface area contributed by atoms with Crippen molar-refractivity contribution in [3.63, 3.8) is 0 Å². The Bertz CT molecular complexity index is 1080. The smallest absolute Gasteiger partial charge is 0.268 e. The molecular formula is C21H25N7O. The Hall–Kier alpha value is -3.18. The van der Waals surface area contributed by atoms with Gasteiger partial charge in [-0.15, -0.1) is 0 Å². The molecule has 1 saturated carbocycles. The lowest BCUT2D eigenvalue weighted by Gasteiger charge is -2.11. The van der Waals surface area contributed by atoms with Gasteiger partial charge in [-0.1, -0.05) is 6.07 Å². The third-order valence-corrected chi connectivity index (χ3v) is 5.20. The summed E-state index contributed by atoms with van der Waals surface area (Å²) in [6.45, 7) is 10.6. The third kappa shape index (κ3) is 4.00. The van der Waals surface area contributed by atoms with Gasteiger partial charge in [0.15, 0.2) is 5.65 Å². The summed E-state index contributed by atoms with van der Waals surface area (Å²) >= 11 is 0. The van der Waals surface area contributed by atoms with E-state index in [1.807, 2.05) is 25.1 Å². The maximum atomic E-state index is 7.56. The van der Waals surface area contributed by atoms with E-state index in [0.717, 1.165) is 34.7 Å². The van der Waals surface area contributed by atoms with Gasteiger partial charge in [0.25, 0.3) is 5.69 Å². The molecule has 0 saturated heterocycles. The van der Waals surface area contributed by atoms with E-state index in [0.29, 0.717) is 42.8 Å². The number of hydrogen-bond acceptors (Lipinski definition) is 6. The molecule has 1 fully saturated rings. The van der Waals surface area contributed by atoms with Crippen LogP contribution in [0.4, 0.5) is 17.3 Å². The van der Waals surface area contributed by atoms with Crippen molar-refractivity contribution >= 4 is 23.0 Å². The number of nitrogens with two attached hydrogens (primary N) is 1. The Morgan fingerprint density at radius 2 is 2.10 bits per heavy atom. The molecular weight excluding hydrogens is 366 g/mol. The van der Waals surface area contributed by atoms with Crippen LogP contribution >= 0.6 is 0 Å². The van der Waals surface area contributed by atoms with Crippen molar-refractivity contribution < 1.29 is 4.74 Å². The molecule has 29 heavy (non-hydrogen) atoms. The molecule has 1 aliphatic carbocycles. The van der Waals surface area contributed by atoms with E-state index >= 15 is 0 Å². The maximum Gasteiger partial charge on any atom is 0.268 e. The molecule has 0 spiro atoms. The molecule has 0 atom stereocenters. The normalized spacial score (nSPS) is 13.6. The first-order valence-corrected chi connectivity index (χ1v) is 9.83. The highest BCUT2D eigenvalue weighted by Gasteiger charge is 2.26. The predicted molar refractivity (Wildman–Crippen MR) is 112 cm³/mol. The number of nitrogens with one attached hydrogen (secondary N) is 1. The van der Waals surface area contributed by atoms with Crippen LogP contribution in [0.5, 0.6) is 0 Å². The van der Waals surface area contributed by atoms with Crippen LogP contribution in [-0.2, 0) is 24.2 Å². The van der Waals surface area contributed by atoms with E-state index in [1.54, 1.807) is 11.6 Å². The molecule has 3 aromatic rings. The van der Waals surface area contributed by atoms with Crippen molar-refractivity contribution in [2.45, 2.75) is 39.2 Å². The van der Waals surface area contributed by atoms with Crippen LogP contribution in [0.25, 0.3) is 10.5 Å². The van der Waals surface area contributed by atoms with Crippen molar-refractivity contribution in [3.05, 3.63) is 52.3 Å². The minimum absolute atomic E-state index is 0.305. The average molecular weight is 391 g/mol. The molecule has 3 N–H and O–H groups in total. The van der Waals surface area contributed by atoms with Crippen LogP contribution in [-0.4, -0.2) is 33.2 Å². The Morgan fingerprint density at radius 1 is 1.31 bits per heavy atom. The van der Waals surface area contributed by atoms with Gasteiger partial charge in [0.05, 0.1) is 24.6 Å². The zero-order valence-corrected chi connectivity index (χ0v) is 16.8. The number of ether oxygens (including phenoxy) is 1. The second kappa shape index (κ2) is 8.05.